The number of H-pyrrole nitrogens is 1. The van der Waals surface area contributed by atoms with Crippen molar-refractivity contribution in [2.75, 3.05) is 6.54 Å². The minimum atomic E-state index is -0.328. The summed E-state index contributed by atoms with van der Waals surface area (Å²) >= 11 is 0. The summed E-state index contributed by atoms with van der Waals surface area (Å²) in [6.45, 7) is 0.308. The van der Waals surface area contributed by atoms with E-state index < -0.39 is 0 Å². The number of carbonyl (C=O) groups is 1. The quantitative estimate of drug-likeness (QED) is 0.550. The number of nitrogens with one attached hydrogen (secondary N) is 2. The van der Waals surface area contributed by atoms with Gasteiger partial charge in [0.05, 0.1) is 5.69 Å². The lowest BCUT2D eigenvalue weighted by Gasteiger charge is -2.05. The summed E-state index contributed by atoms with van der Waals surface area (Å²) in [5.41, 5.74) is 2.97. The van der Waals surface area contributed by atoms with E-state index in [-0.39, 0.29) is 23.0 Å². The minimum Gasteiger partial charge on any atom is -0.350 e. The predicted molar refractivity (Wildman–Crippen MR) is 109 cm³/mol. The molecule has 2 aromatic heterocycles. The molecule has 0 spiro atoms. The van der Waals surface area contributed by atoms with Crippen LogP contribution in [0.25, 0.3) is 22.2 Å². The van der Waals surface area contributed by atoms with E-state index in [4.69, 9.17) is 0 Å². The number of fused-ring (bicyclic) bond motifs is 1. The monoisotopic (exact) mass is 390 g/mol. The van der Waals surface area contributed by atoms with E-state index in [1.54, 1.807) is 29.9 Å². The third-order valence-electron chi connectivity index (χ3n) is 4.76. The number of para-hydroxylation sites is 1. The molecular formula is C22H19FN4O2. The lowest BCUT2D eigenvalue weighted by Crippen LogP contribution is -2.27. The fourth-order valence-electron chi connectivity index (χ4n) is 3.25. The number of hydrogen-bond acceptors (Lipinski definition) is 3. The first kappa shape index (κ1) is 18.6. The van der Waals surface area contributed by atoms with Crippen molar-refractivity contribution in [1.82, 2.24) is 20.1 Å². The van der Waals surface area contributed by atoms with Crippen LogP contribution in [0.15, 0.2) is 65.5 Å². The Bertz CT molecular complexity index is 1240. The minimum absolute atomic E-state index is 0.158. The number of nitrogens with zero attached hydrogens (tertiary/aromatic N) is 2. The zero-order chi connectivity index (χ0) is 20.4. The second-order valence-corrected chi connectivity index (χ2v) is 6.76. The second kappa shape index (κ2) is 7.71. The van der Waals surface area contributed by atoms with E-state index >= 15 is 0 Å². The van der Waals surface area contributed by atoms with Crippen molar-refractivity contribution in [1.29, 1.82) is 0 Å². The van der Waals surface area contributed by atoms with Crippen LogP contribution in [0.4, 0.5) is 4.39 Å². The number of pyridine rings is 1. The number of rotatable bonds is 5. The summed E-state index contributed by atoms with van der Waals surface area (Å²) in [6, 6.07) is 17.1. The zero-order valence-electron chi connectivity index (χ0n) is 15.8. The smallest absolute Gasteiger partial charge is 0.271 e. The molecule has 0 saturated heterocycles. The number of aromatic amines is 1. The molecule has 0 bridgehead atoms. The van der Waals surface area contributed by atoms with Crippen LogP contribution in [-0.2, 0) is 13.5 Å². The Morgan fingerprint density at radius 1 is 1.14 bits per heavy atom. The van der Waals surface area contributed by atoms with Gasteiger partial charge in [0.2, 0.25) is 0 Å². The maximum atomic E-state index is 13.1. The first-order valence-corrected chi connectivity index (χ1v) is 9.20. The van der Waals surface area contributed by atoms with Gasteiger partial charge in [0, 0.05) is 24.7 Å². The highest BCUT2D eigenvalue weighted by molar-refractivity contribution is 5.93. The molecule has 0 radical (unpaired) electrons. The number of aromatic nitrogens is 3. The van der Waals surface area contributed by atoms with Gasteiger partial charge in [-0.15, -0.1) is 0 Å². The van der Waals surface area contributed by atoms with E-state index in [0.29, 0.717) is 24.2 Å². The first-order valence-electron chi connectivity index (χ1n) is 9.20. The fourth-order valence-corrected chi connectivity index (χ4v) is 3.25. The molecule has 7 heteroatoms. The lowest BCUT2D eigenvalue weighted by atomic mass is 10.1. The zero-order valence-corrected chi connectivity index (χ0v) is 15.8. The normalized spacial score (nSPS) is 11.0. The van der Waals surface area contributed by atoms with Crippen molar-refractivity contribution < 1.29 is 9.18 Å². The van der Waals surface area contributed by atoms with Gasteiger partial charge in [0.1, 0.15) is 5.82 Å². The molecule has 0 aliphatic heterocycles. The number of amides is 1. The third-order valence-corrected chi connectivity index (χ3v) is 4.76. The van der Waals surface area contributed by atoms with Crippen LogP contribution in [0.5, 0.6) is 0 Å². The van der Waals surface area contributed by atoms with Gasteiger partial charge in [-0.2, -0.15) is 5.10 Å². The molecule has 0 aliphatic carbocycles. The van der Waals surface area contributed by atoms with Gasteiger partial charge >= 0.3 is 0 Å². The van der Waals surface area contributed by atoms with Gasteiger partial charge < -0.3 is 10.3 Å². The summed E-state index contributed by atoms with van der Waals surface area (Å²) in [5.74, 6) is -0.649. The molecule has 2 aromatic carbocycles. The van der Waals surface area contributed by atoms with E-state index in [1.807, 2.05) is 30.3 Å². The number of halogens is 1. The average Bonchev–Trinajstić information content (AvgIpc) is 3.10. The van der Waals surface area contributed by atoms with Crippen molar-refractivity contribution >= 4 is 16.8 Å². The number of carbonyl (C=O) groups excluding carboxylic acids is 1. The second-order valence-electron chi connectivity index (χ2n) is 6.76. The van der Waals surface area contributed by atoms with Crippen molar-refractivity contribution in [3.63, 3.8) is 0 Å². The molecule has 6 nitrogen and oxygen atoms in total. The highest BCUT2D eigenvalue weighted by atomic mass is 19.1. The number of aryl methyl sites for hydroxylation is 1. The first-order chi connectivity index (χ1) is 14.0. The number of hydrogen-bond donors (Lipinski definition) is 2. The largest absolute Gasteiger partial charge is 0.350 e. The molecule has 29 heavy (non-hydrogen) atoms. The maximum absolute atomic E-state index is 13.1. The molecule has 0 saturated carbocycles. The SMILES string of the molecule is Cn1nc(C(=O)NCCc2cc3ccccc3[nH]c2=O)cc1-c1ccc(F)cc1. The Balaban J connectivity index is 1.44. The fraction of sp³-hybridized carbons (Fsp3) is 0.136. The molecule has 0 fully saturated rings. The van der Waals surface area contributed by atoms with Gasteiger partial charge in [0.25, 0.3) is 11.5 Å². The third kappa shape index (κ3) is 3.94. The summed E-state index contributed by atoms with van der Waals surface area (Å²) in [4.78, 5) is 27.5. The van der Waals surface area contributed by atoms with Crippen LogP contribution in [0.2, 0.25) is 0 Å². The molecular weight excluding hydrogens is 371 g/mol. The van der Waals surface area contributed by atoms with Crippen LogP contribution in [-0.4, -0.2) is 27.2 Å². The Kier molecular flexibility index (Phi) is 4.95. The van der Waals surface area contributed by atoms with Crippen molar-refractivity contribution in [3.8, 4) is 11.3 Å². The molecule has 2 N–H and O–H groups in total. The van der Waals surface area contributed by atoms with Gasteiger partial charge in [-0.3, -0.25) is 14.3 Å². The maximum Gasteiger partial charge on any atom is 0.271 e. The molecule has 146 valence electrons. The molecule has 4 aromatic rings. The highest BCUT2D eigenvalue weighted by Gasteiger charge is 2.14. The molecule has 0 atom stereocenters. The summed E-state index contributed by atoms with van der Waals surface area (Å²) in [6.07, 6.45) is 0.406. The van der Waals surface area contributed by atoms with Gasteiger partial charge in [-0.25, -0.2) is 4.39 Å². The van der Waals surface area contributed by atoms with E-state index in [1.165, 1.54) is 12.1 Å². The Morgan fingerprint density at radius 3 is 2.69 bits per heavy atom. The van der Waals surface area contributed by atoms with Gasteiger partial charge in [0.15, 0.2) is 5.69 Å². The van der Waals surface area contributed by atoms with Crippen LogP contribution in [0.3, 0.4) is 0 Å². The highest BCUT2D eigenvalue weighted by Crippen LogP contribution is 2.20. The molecule has 1 amide bonds. The Labute approximate surface area is 166 Å². The van der Waals surface area contributed by atoms with E-state index in [0.717, 1.165) is 16.5 Å². The summed E-state index contributed by atoms with van der Waals surface area (Å²) < 4.78 is 14.7. The topological polar surface area (TPSA) is 79.8 Å². The summed E-state index contributed by atoms with van der Waals surface area (Å²) in [7, 11) is 1.73. The van der Waals surface area contributed by atoms with E-state index in [9.17, 15) is 14.0 Å². The Hall–Kier alpha value is -3.74. The van der Waals surface area contributed by atoms with Gasteiger partial charge in [-0.1, -0.05) is 18.2 Å². The van der Waals surface area contributed by atoms with E-state index in [2.05, 4.69) is 15.4 Å². The number of benzene rings is 2. The standard InChI is InChI=1S/C22H19FN4O2/c1-27-20(14-6-8-17(23)9-7-14)13-19(26-27)22(29)24-11-10-16-12-15-4-2-3-5-18(15)25-21(16)28/h2-9,12-13H,10-11H2,1H3,(H,24,29)(H,25,28). The van der Waals surface area contributed by atoms with Crippen LogP contribution < -0.4 is 10.9 Å². The molecule has 0 unspecified atom stereocenters. The summed E-state index contributed by atoms with van der Waals surface area (Å²) in [5, 5.41) is 7.98. The van der Waals surface area contributed by atoms with Crippen molar-refractivity contribution in [2.24, 2.45) is 7.05 Å². The molecule has 4 rings (SSSR count). The average molecular weight is 390 g/mol. The molecule has 2 heterocycles. The van der Waals surface area contributed by atoms with Gasteiger partial charge in [-0.05, 0) is 59.8 Å². The Morgan fingerprint density at radius 2 is 1.90 bits per heavy atom. The van der Waals surface area contributed by atoms with Crippen LogP contribution in [0, 0.1) is 5.82 Å². The van der Waals surface area contributed by atoms with Crippen LogP contribution >= 0.6 is 0 Å². The lowest BCUT2D eigenvalue weighted by molar-refractivity contribution is 0.0948. The van der Waals surface area contributed by atoms with Crippen molar-refractivity contribution in [2.45, 2.75) is 6.42 Å². The molecule has 0 aliphatic rings. The van der Waals surface area contributed by atoms with Crippen molar-refractivity contribution in [3.05, 3.63) is 88.1 Å². The predicted octanol–water partition coefficient (Wildman–Crippen LogP) is 3.04. The van der Waals surface area contributed by atoms with Crippen LogP contribution in [0.1, 0.15) is 16.1 Å².